The third-order valence-corrected chi connectivity index (χ3v) is 5.15. The van der Waals surface area contributed by atoms with Crippen LogP contribution in [-0.2, 0) is 16.0 Å². The molecular formula is C22H27ClN2O3S. The third-order valence-electron chi connectivity index (χ3n) is 3.79. The first-order chi connectivity index (χ1) is 13.7. The highest BCUT2D eigenvalue weighted by Gasteiger charge is 2.24. The molecule has 0 aliphatic carbocycles. The predicted octanol–water partition coefficient (Wildman–Crippen LogP) is 4.68. The van der Waals surface area contributed by atoms with Crippen molar-refractivity contribution in [1.82, 2.24) is 10.6 Å². The number of rotatable bonds is 8. The molecular weight excluding hydrogens is 408 g/mol. The number of benzene rings is 2. The Morgan fingerprint density at radius 1 is 1.07 bits per heavy atom. The van der Waals surface area contributed by atoms with Crippen LogP contribution in [0.15, 0.2) is 59.5 Å². The predicted molar refractivity (Wildman–Crippen MR) is 118 cm³/mol. The van der Waals surface area contributed by atoms with Crippen molar-refractivity contribution in [2.24, 2.45) is 0 Å². The zero-order valence-corrected chi connectivity index (χ0v) is 18.5. The Balaban J connectivity index is 1.94. The van der Waals surface area contributed by atoms with Gasteiger partial charge in [0.05, 0.1) is 0 Å². The van der Waals surface area contributed by atoms with Crippen molar-refractivity contribution >= 4 is 35.4 Å². The van der Waals surface area contributed by atoms with Crippen LogP contribution in [0.5, 0.6) is 0 Å². The second-order valence-electron chi connectivity index (χ2n) is 7.49. The standard InChI is InChI=1S/C22H27ClN2O3S/c1-22(2,3)28-21(27)25-19(15-29-18-11-9-17(23)10-12-18)20(26)24-14-13-16-7-5-4-6-8-16/h4-12,19H,13-15H2,1-3H3,(H,24,26)(H,25,27)/t19-/m0/s1. The molecule has 29 heavy (non-hydrogen) atoms. The van der Waals surface area contributed by atoms with E-state index in [-0.39, 0.29) is 5.91 Å². The number of halogens is 1. The van der Waals surface area contributed by atoms with Crippen LogP contribution >= 0.6 is 23.4 Å². The van der Waals surface area contributed by atoms with Gasteiger partial charge in [-0.15, -0.1) is 11.8 Å². The SMILES string of the molecule is CC(C)(C)OC(=O)N[C@@H](CSc1ccc(Cl)cc1)C(=O)NCCc1ccccc1. The molecule has 1 atom stereocenters. The number of hydrogen-bond donors (Lipinski definition) is 2. The summed E-state index contributed by atoms with van der Waals surface area (Å²) in [6.07, 6.45) is 0.105. The number of thioether (sulfide) groups is 1. The molecule has 0 unspecified atom stereocenters. The maximum absolute atomic E-state index is 12.7. The van der Waals surface area contributed by atoms with Crippen LogP contribution in [0.1, 0.15) is 26.3 Å². The fraction of sp³-hybridized carbons (Fsp3) is 0.364. The van der Waals surface area contributed by atoms with Gasteiger partial charge in [0.1, 0.15) is 11.6 Å². The quantitative estimate of drug-likeness (QED) is 0.592. The molecule has 7 heteroatoms. The van der Waals surface area contributed by atoms with Crippen LogP contribution in [0.2, 0.25) is 5.02 Å². The molecule has 0 bridgehead atoms. The minimum absolute atomic E-state index is 0.242. The van der Waals surface area contributed by atoms with Crippen LogP contribution in [0.4, 0.5) is 4.79 Å². The van der Waals surface area contributed by atoms with Gasteiger partial charge >= 0.3 is 6.09 Å². The lowest BCUT2D eigenvalue weighted by atomic mass is 10.1. The Hall–Kier alpha value is -2.18. The second kappa shape index (κ2) is 11.1. The van der Waals surface area contributed by atoms with Crippen LogP contribution in [0, 0.1) is 0 Å². The van der Waals surface area contributed by atoms with E-state index in [0.717, 1.165) is 16.9 Å². The van der Waals surface area contributed by atoms with Gasteiger partial charge in [0, 0.05) is 22.2 Å². The Bertz CT molecular complexity index is 792. The van der Waals surface area contributed by atoms with Gasteiger partial charge in [-0.05, 0) is 57.0 Å². The van der Waals surface area contributed by atoms with E-state index in [1.54, 1.807) is 32.9 Å². The summed E-state index contributed by atoms with van der Waals surface area (Å²) >= 11 is 7.38. The highest BCUT2D eigenvalue weighted by molar-refractivity contribution is 7.99. The topological polar surface area (TPSA) is 67.4 Å². The molecule has 0 heterocycles. The minimum Gasteiger partial charge on any atom is -0.444 e. The lowest BCUT2D eigenvalue weighted by Gasteiger charge is -2.23. The van der Waals surface area contributed by atoms with Crippen molar-refractivity contribution in [3.05, 3.63) is 65.2 Å². The summed E-state index contributed by atoms with van der Waals surface area (Å²) in [4.78, 5) is 25.8. The van der Waals surface area contributed by atoms with E-state index in [4.69, 9.17) is 16.3 Å². The van der Waals surface area contributed by atoms with E-state index in [0.29, 0.717) is 17.3 Å². The molecule has 0 spiro atoms. The molecule has 2 amide bonds. The first kappa shape index (κ1) is 23.1. The normalized spacial score (nSPS) is 12.1. The van der Waals surface area contributed by atoms with E-state index in [1.807, 2.05) is 42.5 Å². The number of nitrogens with one attached hydrogen (secondary N) is 2. The summed E-state index contributed by atoms with van der Waals surface area (Å²) in [5, 5.41) is 6.23. The molecule has 2 aromatic rings. The Morgan fingerprint density at radius 2 is 1.72 bits per heavy atom. The van der Waals surface area contributed by atoms with Gasteiger partial charge in [0.2, 0.25) is 5.91 Å². The molecule has 0 saturated carbocycles. The summed E-state index contributed by atoms with van der Waals surface area (Å²) in [6.45, 7) is 5.83. The zero-order chi connectivity index (χ0) is 21.3. The maximum Gasteiger partial charge on any atom is 0.408 e. The van der Waals surface area contributed by atoms with Crippen molar-refractivity contribution in [1.29, 1.82) is 0 Å². The fourth-order valence-corrected chi connectivity index (χ4v) is 3.49. The lowest BCUT2D eigenvalue weighted by molar-refractivity contribution is -0.122. The molecule has 0 saturated heterocycles. The van der Waals surface area contributed by atoms with Crippen molar-refractivity contribution in [3.8, 4) is 0 Å². The minimum atomic E-state index is -0.721. The molecule has 0 aromatic heterocycles. The Kier molecular flexibility index (Phi) is 8.86. The van der Waals surface area contributed by atoms with Gasteiger partial charge in [0.25, 0.3) is 0 Å². The molecule has 156 valence electrons. The number of carbonyl (C=O) groups excluding carboxylic acids is 2. The number of ether oxygens (including phenoxy) is 1. The average molecular weight is 435 g/mol. The van der Waals surface area contributed by atoms with Crippen molar-refractivity contribution < 1.29 is 14.3 Å². The van der Waals surface area contributed by atoms with Crippen LogP contribution in [-0.4, -0.2) is 35.9 Å². The summed E-state index contributed by atoms with van der Waals surface area (Å²) in [5.74, 6) is 0.131. The smallest absolute Gasteiger partial charge is 0.408 e. The molecule has 0 fully saturated rings. The molecule has 0 aliphatic heterocycles. The molecule has 0 radical (unpaired) electrons. The maximum atomic E-state index is 12.7. The van der Waals surface area contributed by atoms with Gasteiger partial charge in [-0.3, -0.25) is 4.79 Å². The monoisotopic (exact) mass is 434 g/mol. The number of carbonyl (C=O) groups is 2. The largest absolute Gasteiger partial charge is 0.444 e. The first-order valence-electron chi connectivity index (χ1n) is 9.42. The number of hydrogen-bond acceptors (Lipinski definition) is 4. The third kappa shape index (κ3) is 9.24. The van der Waals surface area contributed by atoms with E-state index in [1.165, 1.54) is 11.8 Å². The Morgan fingerprint density at radius 3 is 2.34 bits per heavy atom. The van der Waals surface area contributed by atoms with E-state index in [9.17, 15) is 9.59 Å². The fourth-order valence-electron chi connectivity index (χ4n) is 2.44. The van der Waals surface area contributed by atoms with Gasteiger partial charge in [0.15, 0.2) is 0 Å². The van der Waals surface area contributed by atoms with Crippen LogP contribution < -0.4 is 10.6 Å². The lowest BCUT2D eigenvalue weighted by Crippen LogP contribution is -2.49. The number of alkyl carbamates (subject to hydrolysis) is 1. The van der Waals surface area contributed by atoms with E-state index < -0.39 is 17.7 Å². The van der Waals surface area contributed by atoms with E-state index >= 15 is 0 Å². The summed E-state index contributed by atoms with van der Waals surface area (Å²) in [6, 6.07) is 16.5. The first-order valence-corrected chi connectivity index (χ1v) is 10.8. The van der Waals surface area contributed by atoms with Crippen molar-refractivity contribution in [3.63, 3.8) is 0 Å². The van der Waals surface area contributed by atoms with Gasteiger partial charge in [-0.1, -0.05) is 41.9 Å². The summed E-state index contributed by atoms with van der Waals surface area (Å²) < 4.78 is 5.30. The average Bonchev–Trinajstić information content (AvgIpc) is 2.65. The highest BCUT2D eigenvalue weighted by atomic mass is 35.5. The Labute approximate surface area is 181 Å². The van der Waals surface area contributed by atoms with Crippen LogP contribution in [0.3, 0.4) is 0 Å². The number of amides is 2. The molecule has 2 aromatic carbocycles. The van der Waals surface area contributed by atoms with Gasteiger partial charge < -0.3 is 15.4 Å². The van der Waals surface area contributed by atoms with Crippen LogP contribution in [0.25, 0.3) is 0 Å². The molecule has 5 nitrogen and oxygen atoms in total. The summed E-state index contributed by atoms with van der Waals surface area (Å²) in [5.41, 5.74) is 0.502. The molecule has 2 N–H and O–H groups in total. The molecule has 2 rings (SSSR count). The highest BCUT2D eigenvalue weighted by Crippen LogP contribution is 2.21. The second-order valence-corrected chi connectivity index (χ2v) is 9.02. The van der Waals surface area contributed by atoms with Gasteiger partial charge in [-0.2, -0.15) is 0 Å². The molecule has 0 aliphatic rings. The zero-order valence-electron chi connectivity index (χ0n) is 16.9. The van der Waals surface area contributed by atoms with E-state index in [2.05, 4.69) is 10.6 Å². The van der Waals surface area contributed by atoms with Gasteiger partial charge in [-0.25, -0.2) is 4.79 Å². The van der Waals surface area contributed by atoms with Crippen molar-refractivity contribution in [2.45, 2.75) is 43.7 Å². The summed E-state index contributed by atoms with van der Waals surface area (Å²) in [7, 11) is 0. The van der Waals surface area contributed by atoms with Crippen molar-refractivity contribution in [2.75, 3.05) is 12.3 Å².